The van der Waals surface area contributed by atoms with Crippen molar-refractivity contribution in [2.75, 3.05) is 17.7 Å². The summed E-state index contributed by atoms with van der Waals surface area (Å²) >= 11 is 7.41. The van der Waals surface area contributed by atoms with Crippen molar-refractivity contribution in [1.82, 2.24) is 4.37 Å². The van der Waals surface area contributed by atoms with Crippen molar-refractivity contribution in [3.8, 4) is 0 Å². The van der Waals surface area contributed by atoms with Crippen molar-refractivity contribution in [3.05, 3.63) is 40.4 Å². The highest BCUT2D eigenvalue weighted by Gasteiger charge is 2.31. The zero-order valence-corrected chi connectivity index (χ0v) is 12.3. The third-order valence-electron chi connectivity index (χ3n) is 3.40. The molecule has 1 saturated carbocycles. The highest BCUT2D eigenvalue weighted by molar-refractivity contribution is 7.10. The van der Waals surface area contributed by atoms with Gasteiger partial charge in [0.1, 0.15) is 10.8 Å². The van der Waals surface area contributed by atoms with Crippen LogP contribution in [-0.2, 0) is 6.54 Å². The van der Waals surface area contributed by atoms with E-state index < -0.39 is 0 Å². The largest absolute Gasteiger partial charge is 0.383 e. The molecule has 3 rings (SSSR count). The zero-order chi connectivity index (χ0) is 13.4. The Morgan fingerprint density at radius 2 is 2.05 bits per heavy atom. The molecule has 0 amide bonds. The van der Waals surface area contributed by atoms with Crippen LogP contribution in [0.15, 0.2) is 24.3 Å². The molecule has 0 saturated heterocycles. The fourth-order valence-electron chi connectivity index (χ4n) is 2.27. The number of aromatic nitrogens is 1. The molecule has 5 heteroatoms. The molecule has 2 N–H and O–H groups in total. The van der Waals surface area contributed by atoms with Gasteiger partial charge in [-0.1, -0.05) is 23.7 Å². The first-order chi connectivity index (χ1) is 9.15. The van der Waals surface area contributed by atoms with E-state index >= 15 is 0 Å². The number of anilines is 2. The Kier molecular flexibility index (Phi) is 3.37. The lowest BCUT2D eigenvalue weighted by Crippen LogP contribution is -2.16. The van der Waals surface area contributed by atoms with Gasteiger partial charge in [0.25, 0.3) is 0 Å². The second-order valence-electron chi connectivity index (χ2n) is 5.04. The van der Waals surface area contributed by atoms with Gasteiger partial charge in [-0.2, -0.15) is 4.37 Å². The lowest BCUT2D eigenvalue weighted by atomic mass is 10.2. The van der Waals surface area contributed by atoms with Gasteiger partial charge in [0, 0.05) is 24.2 Å². The molecule has 2 aromatic rings. The van der Waals surface area contributed by atoms with Gasteiger partial charge in [-0.25, -0.2) is 0 Å². The van der Waals surface area contributed by atoms with Crippen molar-refractivity contribution in [2.45, 2.75) is 25.3 Å². The van der Waals surface area contributed by atoms with E-state index in [1.807, 2.05) is 12.1 Å². The average molecular weight is 294 g/mol. The van der Waals surface area contributed by atoms with Crippen LogP contribution in [0.3, 0.4) is 0 Å². The summed E-state index contributed by atoms with van der Waals surface area (Å²) in [5.74, 6) is 1.34. The summed E-state index contributed by atoms with van der Waals surface area (Å²) in [5.41, 5.74) is 8.48. The summed E-state index contributed by atoms with van der Waals surface area (Å²) in [6, 6.07) is 7.96. The summed E-state index contributed by atoms with van der Waals surface area (Å²) in [6.07, 6.45) is 2.48. The lowest BCUT2D eigenvalue weighted by molar-refractivity contribution is 0.921. The van der Waals surface area contributed by atoms with E-state index in [0.29, 0.717) is 11.7 Å². The van der Waals surface area contributed by atoms with Gasteiger partial charge in [0.15, 0.2) is 0 Å². The molecule has 1 aromatic carbocycles. The molecule has 1 heterocycles. The van der Waals surface area contributed by atoms with E-state index in [1.165, 1.54) is 40.5 Å². The molecule has 1 aliphatic rings. The monoisotopic (exact) mass is 293 g/mol. The third kappa shape index (κ3) is 2.69. The van der Waals surface area contributed by atoms with Gasteiger partial charge in [0.2, 0.25) is 0 Å². The Morgan fingerprint density at radius 1 is 1.37 bits per heavy atom. The van der Waals surface area contributed by atoms with E-state index in [2.05, 4.69) is 28.5 Å². The zero-order valence-electron chi connectivity index (χ0n) is 10.8. The molecular formula is C14H16ClN3S. The molecule has 1 fully saturated rings. The maximum absolute atomic E-state index is 5.99. The molecule has 1 aromatic heterocycles. The van der Waals surface area contributed by atoms with Crippen LogP contribution in [-0.4, -0.2) is 11.4 Å². The van der Waals surface area contributed by atoms with Gasteiger partial charge >= 0.3 is 0 Å². The van der Waals surface area contributed by atoms with E-state index in [1.54, 1.807) is 0 Å². The van der Waals surface area contributed by atoms with Crippen LogP contribution in [0.4, 0.5) is 10.8 Å². The Bertz CT molecular complexity index is 575. The van der Waals surface area contributed by atoms with Crippen LogP contribution in [0.2, 0.25) is 5.02 Å². The van der Waals surface area contributed by atoms with Crippen LogP contribution in [0.5, 0.6) is 0 Å². The molecule has 100 valence electrons. The number of nitrogens with two attached hydrogens (primary N) is 1. The van der Waals surface area contributed by atoms with Crippen LogP contribution in [0.1, 0.15) is 29.9 Å². The fraction of sp³-hybridized carbons (Fsp3) is 0.357. The van der Waals surface area contributed by atoms with Crippen molar-refractivity contribution < 1.29 is 0 Å². The summed E-state index contributed by atoms with van der Waals surface area (Å²) in [6.45, 7) is 0.846. The van der Waals surface area contributed by atoms with Crippen LogP contribution in [0.25, 0.3) is 0 Å². The maximum atomic E-state index is 5.99. The number of nitrogen functional groups attached to an aromatic ring is 1. The summed E-state index contributed by atoms with van der Waals surface area (Å²) in [4.78, 5) is 2.23. The highest BCUT2D eigenvalue weighted by Crippen LogP contribution is 2.48. The SMILES string of the molecule is CN(Cc1ccc(Cl)cc1)c1snc(N)c1C1CC1. The van der Waals surface area contributed by atoms with E-state index in [-0.39, 0.29) is 0 Å². The second-order valence-corrected chi connectivity index (χ2v) is 6.23. The first-order valence-electron chi connectivity index (χ1n) is 6.36. The normalized spacial score (nSPS) is 14.6. The summed E-state index contributed by atoms with van der Waals surface area (Å²) < 4.78 is 4.31. The Balaban J connectivity index is 1.80. The predicted molar refractivity (Wildman–Crippen MR) is 82.1 cm³/mol. The summed E-state index contributed by atoms with van der Waals surface area (Å²) in [5, 5.41) is 1.97. The number of rotatable bonds is 4. The summed E-state index contributed by atoms with van der Waals surface area (Å²) in [7, 11) is 2.09. The number of halogens is 1. The molecule has 1 aliphatic carbocycles. The molecule has 0 aliphatic heterocycles. The first-order valence-corrected chi connectivity index (χ1v) is 7.51. The van der Waals surface area contributed by atoms with Crippen molar-refractivity contribution in [2.24, 2.45) is 0 Å². The van der Waals surface area contributed by atoms with E-state index in [4.69, 9.17) is 17.3 Å². The predicted octanol–water partition coefficient (Wildman–Crippen LogP) is 3.89. The lowest BCUT2D eigenvalue weighted by Gasteiger charge is -2.18. The molecule has 19 heavy (non-hydrogen) atoms. The van der Waals surface area contributed by atoms with Gasteiger partial charge in [0.05, 0.1) is 0 Å². The topological polar surface area (TPSA) is 42.2 Å². The minimum absolute atomic E-state index is 0.626. The number of hydrogen-bond acceptors (Lipinski definition) is 4. The number of nitrogens with zero attached hydrogens (tertiary/aromatic N) is 2. The maximum Gasteiger partial charge on any atom is 0.142 e. The Labute approximate surface area is 122 Å². The van der Waals surface area contributed by atoms with Crippen LogP contribution >= 0.6 is 23.1 Å². The highest BCUT2D eigenvalue weighted by atomic mass is 35.5. The van der Waals surface area contributed by atoms with Gasteiger partial charge in [-0.15, -0.1) is 0 Å². The smallest absolute Gasteiger partial charge is 0.142 e. The fourth-order valence-corrected chi connectivity index (χ4v) is 3.25. The number of benzene rings is 1. The minimum Gasteiger partial charge on any atom is -0.383 e. The molecule has 0 atom stereocenters. The molecule has 0 bridgehead atoms. The van der Waals surface area contributed by atoms with Crippen LogP contribution in [0, 0.1) is 0 Å². The molecule has 0 radical (unpaired) electrons. The third-order valence-corrected chi connectivity index (χ3v) is 4.65. The Hall–Kier alpha value is -1.26. The van der Waals surface area contributed by atoms with Gasteiger partial charge in [-0.3, -0.25) is 0 Å². The van der Waals surface area contributed by atoms with E-state index in [9.17, 15) is 0 Å². The van der Waals surface area contributed by atoms with Crippen LogP contribution < -0.4 is 10.6 Å². The second kappa shape index (κ2) is 5.02. The first kappa shape index (κ1) is 12.8. The number of hydrogen-bond donors (Lipinski definition) is 1. The Morgan fingerprint density at radius 3 is 2.68 bits per heavy atom. The molecule has 3 nitrogen and oxygen atoms in total. The van der Waals surface area contributed by atoms with E-state index in [0.717, 1.165) is 11.6 Å². The molecule has 0 spiro atoms. The van der Waals surface area contributed by atoms with Crippen molar-refractivity contribution in [3.63, 3.8) is 0 Å². The van der Waals surface area contributed by atoms with Gasteiger partial charge in [-0.05, 0) is 48.0 Å². The van der Waals surface area contributed by atoms with Crippen molar-refractivity contribution >= 4 is 34.0 Å². The average Bonchev–Trinajstić information content (AvgIpc) is 3.15. The minimum atomic E-state index is 0.626. The van der Waals surface area contributed by atoms with Crippen molar-refractivity contribution in [1.29, 1.82) is 0 Å². The molecule has 0 unspecified atom stereocenters. The quantitative estimate of drug-likeness (QED) is 0.930. The molecular weight excluding hydrogens is 278 g/mol. The van der Waals surface area contributed by atoms with Gasteiger partial charge < -0.3 is 10.6 Å². The standard InChI is InChI=1S/C14H16ClN3S/c1-18(8-9-2-6-11(15)7-3-9)14-12(10-4-5-10)13(16)17-19-14/h2-3,6-7,10H,4-5,8H2,1H3,(H2,16,17).